The smallest absolute Gasteiger partial charge is 0.264 e. The molecular weight excluding hydrogens is 590 g/mol. The van der Waals surface area contributed by atoms with E-state index in [9.17, 15) is 18.0 Å². The summed E-state index contributed by atoms with van der Waals surface area (Å²) < 4.78 is 29.3. The van der Waals surface area contributed by atoms with Crippen LogP contribution in [-0.2, 0) is 26.2 Å². The van der Waals surface area contributed by atoms with Crippen molar-refractivity contribution < 1.29 is 18.0 Å². The second kappa shape index (κ2) is 12.3. The number of hydrogen-bond acceptors (Lipinski definition) is 4. The molecule has 1 atom stereocenters. The van der Waals surface area contributed by atoms with Crippen molar-refractivity contribution in [2.45, 2.75) is 50.7 Å². The molecular formula is C28H31BrClN3O4S. The summed E-state index contributed by atoms with van der Waals surface area (Å²) >= 11 is 9.54. The van der Waals surface area contributed by atoms with Crippen LogP contribution in [0.4, 0.5) is 5.69 Å². The summed E-state index contributed by atoms with van der Waals surface area (Å²) in [7, 11) is -4.10. The Hall–Kier alpha value is -2.88. The zero-order chi connectivity index (χ0) is 28.1. The summed E-state index contributed by atoms with van der Waals surface area (Å²) in [5.74, 6) is -0.891. The van der Waals surface area contributed by atoms with Gasteiger partial charge in [-0.1, -0.05) is 57.9 Å². The van der Waals surface area contributed by atoms with Gasteiger partial charge in [0.2, 0.25) is 11.8 Å². The molecule has 38 heavy (non-hydrogen) atoms. The summed E-state index contributed by atoms with van der Waals surface area (Å²) in [6.07, 6.45) is 0. The minimum atomic E-state index is -4.10. The Labute approximate surface area is 238 Å². The molecule has 7 nitrogen and oxygen atoms in total. The summed E-state index contributed by atoms with van der Waals surface area (Å²) in [5, 5.41) is 3.39. The maximum atomic E-state index is 13.9. The van der Waals surface area contributed by atoms with Crippen molar-refractivity contribution in [3.8, 4) is 0 Å². The topological polar surface area (TPSA) is 86.8 Å². The van der Waals surface area contributed by atoms with Gasteiger partial charge in [-0.25, -0.2) is 8.42 Å². The molecule has 0 saturated carbocycles. The largest absolute Gasteiger partial charge is 0.350 e. The first-order chi connectivity index (χ1) is 17.8. The van der Waals surface area contributed by atoms with E-state index in [1.165, 1.54) is 17.0 Å². The van der Waals surface area contributed by atoms with E-state index in [-0.39, 0.29) is 17.3 Å². The molecule has 10 heteroatoms. The fourth-order valence-corrected chi connectivity index (χ4v) is 5.66. The fourth-order valence-electron chi connectivity index (χ4n) is 3.74. The van der Waals surface area contributed by atoms with E-state index >= 15 is 0 Å². The summed E-state index contributed by atoms with van der Waals surface area (Å²) in [5.41, 5.74) is 0.512. The lowest BCUT2D eigenvalue weighted by Gasteiger charge is -2.33. The zero-order valence-electron chi connectivity index (χ0n) is 21.7. The molecule has 0 bridgehead atoms. The van der Waals surface area contributed by atoms with E-state index in [1.807, 2.05) is 20.8 Å². The number of anilines is 1. The quantitative estimate of drug-likeness (QED) is 0.336. The predicted octanol–water partition coefficient (Wildman–Crippen LogP) is 5.63. The summed E-state index contributed by atoms with van der Waals surface area (Å²) in [6.45, 7) is 6.73. The van der Waals surface area contributed by atoms with Crippen molar-refractivity contribution in [2.75, 3.05) is 10.8 Å². The average molecular weight is 621 g/mol. The van der Waals surface area contributed by atoms with E-state index in [1.54, 1.807) is 73.7 Å². The highest BCUT2D eigenvalue weighted by molar-refractivity contribution is 9.10. The lowest BCUT2D eigenvalue weighted by Crippen LogP contribution is -2.54. The molecule has 3 aromatic carbocycles. The SMILES string of the molecule is CC(C(=O)NC(C)(C)C)N(Cc1cccc(Cl)c1)C(=O)CN(c1ccc(Br)cc1)S(=O)(=O)c1ccccc1. The molecule has 0 heterocycles. The lowest BCUT2D eigenvalue weighted by atomic mass is 10.1. The van der Waals surface area contributed by atoms with Gasteiger partial charge >= 0.3 is 0 Å². The van der Waals surface area contributed by atoms with Gasteiger partial charge < -0.3 is 10.2 Å². The highest BCUT2D eigenvalue weighted by atomic mass is 79.9. The minimum absolute atomic E-state index is 0.0515. The van der Waals surface area contributed by atoms with Crippen LogP contribution in [0.2, 0.25) is 5.02 Å². The molecule has 1 unspecified atom stereocenters. The molecule has 3 rings (SSSR count). The number of amides is 2. The molecule has 0 aliphatic carbocycles. The number of sulfonamides is 1. The van der Waals surface area contributed by atoms with Crippen molar-refractivity contribution >= 4 is 55.1 Å². The number of carbonyl (C=O) groups excluding carboxylic acids is 2. The lowest BCUT2D eigenvalue weighted by molar-refractivity contribution is -0.140. The molecule has 0 aliphatic heterocycles. The minimum Gasteiger partial charge on any atom is -0.350 e. The first kappa shape index (κ1) is 29.7. The van der Waals surface area contributed by atoms with Crippen molar-refractivity contribution in [2.24, 2.45) is 0 Å². The average Bonchev–Trinajstić information content (AvgIpc) is 2.85. The maximum absolute atomic E-state index is 13.9. The van der Waals surface area contributed by atoms with Gasteiger partial charge in [0.25, 0.3) is 10.0 Å². The van der Waals surface area contributed by atoms with Crippen LogP contribution in [0.25, 0.3) is 0 Å². The monoisotopic (exact) mass is 619 g/mol. The van der Waals surface area contributed by atoms with Gasteiger partial charge in [-0.2, -0.15) is 0 Å². The normalized spacial score (nSPS) is 12.5. The van der Waals surface area contributed by atoms with Crippen LogP contribution >= 0.6 is 27.5 Å². The Morgan fingerprint density at radius 3 is 2.18 bits per heavy atom. The number of carbonyl (C=O) groups is 2. The second-order valence-electron chi connectivity index (χ2n) is 9.87. The van der Waals surface area contributed by atoms with Gasteiger partial charge in [0.15, 0.2) is 0 Å². The Morgan fingerprint density at radius 2 is 1.61 bits per heavy atom. The van der Waals surface area contributed by atoms with Crippen LogP contribution in [0.5, 0.6) is 0 Å². The number of halogens is 2. The fraction of sp³-hybridized carbons (Fsp3) is 0.286. The van der Waals surface area contributed by atoms with E-state index in [2.05, 4.69) is 21.2 Å². The van der Waals surface area contributed by atoms with Crippen LogP contribution in [-0.4, -0.2) is 43.3 Å². The van der Waals surface area contributed by atoms with Crippen LogP contribution < -0.4 is 9.62 Å². The van der Waals surface area contributed by atoms with E-state index in [0.29, 0.717) is 16.3 Å². The summed E-state index contributed by atoms with van der Waals surface area (Å²) in [4.78, 5) is 28.4. The van der Waals surface area contributed by atoms with E-state index < -0.39 is 34.1 Å². The zero-order valence-corrected chi connectivity index (χ0v) is 24.8. The van der Waals surface area contributed by atoms with Gasteiger partial charge in [0.05, 0.1) is 10.6 Å². The Balaban J connectivity index is 2.02. The van der Waals surface area contributed by atoms with Gasteiger partial charge in [0, 0.05) is 21.6 Å². The molecule has 3 aromatic rings. The molecule has 202 valence electrons. The Bertz CT molecular complexity index is 1380. The highest BCUT2D eigenvalue weighted by Gasteiger charge is 2.33. The number of nitrogens with one attached hydrogen (secondary N) is 1. The first-order valence-corrected chi connectivity index (χ1v) is 14.6. The molecule has 0 aliphatic rings. The van der Waals surface area contributed by atoms with Gasteiger partial charge in [0.1, 0.15) is 12.6 Å². The Kier molecular flexibility index (Phi) is 9.62. The maximum Gasteiger partial charge on any atom is 0.264 e. The molecule has 0 aromatic heterocycles. The van der Waals surface area contributed by atoms with E-state index in [4.69, 9.17) is 11.6 Å². The van der Waals surface area contributed by atoms with Gasteiger partial charge in [-0.3, -0.25) is 13.9 Å². The summed E-state index contributed by atoms with van der Waals surface area (Å²) in [6, 6.07) is 20.7. The Morgan fingerprint density at radius 1 is 0.974 bits per heavy atom. The third kappa shape index (κ3) is 7.82. The number of nitrogens with zero attached hydrogens (tertiary/aromatic N) is 2. The molecule has 1 N–H and O–H groups in total. The number of benzene rings is 3. The number of hydrogen-bond donors (Lipinski definition) is 1. The number of rotatable bonds is 9. The van der Waals surface area contributed by atoms with Crippen LogP contribution in [0.15, 0.2) is 88.2 Å². The van der Waals surface area contributed by atoms with Crippen molar-refractivity contribution in [3.63, 3.8) is 0 Å². The molecule has 0 spiro atoms. The van der Waals surface area contributed by atoms with Crippen LogP contribution in [0.3, 0.4) is 0 Å². The van der Waals surface area contributed by atoms with Crippen molar-refractivity contribution in [1.82, 2.24) is 10.2 Å². The third-order valence-electron chi connectivity index (χ3n) is 5.63. The van der Waals surface area contributed by atoms with Crippen LogP contribution in [0.1, 0.15) is 33.3 Å². The molecule has 2 amide bonds. The van der Waals surface area contributed by atoms with Gasteiger partial charge in [-0.05, 0) is 81.8 Å². The van der Waals surface area contributed by atoms with Gasteiger partial charge in [-0.15, -0.1) is 0 Å². The third-order valence-corrected chi connectivity index (χ3v) is 8.18. The molecule has 0 fully saturated rings. The first-order valence-electron chi connectivity index (χ1n) is 12.0. The molecule has 0 radical (unpaired) electrons. The molecule has 0 saturated heterocycles. The standard InChI is InChI=1S/C28H31BrClN3O4S/c1-20(27(35)31-28(2,3)4)32(18-21-9-8-10-23(30)17-21)26(34)19-33(24-15-13-22(29)14-16-24)38(36,37)25-11-6-5-7-12-25/h5-17,20H,18-19H2,1-4H3,(H,31,35). The van der Waals surface area contributed by atoms with Crippen molar-refractivity contribution in [1.29, 1.82) is 0 Å². The van der Waals surface area contributed by atoms with Crippen molar-refractivity contribution in [3.05, 3.63) is 93.9 Å². The van der Waals surface area contributed by atoms with Crippen LogP contribution in [0, 0.1) is 0 Å². The second-order valence-corrected chi connectivity index (χ2v) is 13.1. The van der Waals surface area contributed by atoms with E-state index in [0.717, 1.165) is 8.78 Å². The predicted molar refractivity (Wildman–Crippen MR) is 154 cm³/mol. The highest BCUT2D eigenvalue weighted by Crippen LogP contribution is 2.26.